The van der Waals surface area contributed by atoms with Crippen molar-refractivity contribution in [1.82, 2.24) is 10.6 Å². The van der Waals surface area contributed by atoms with E-state index in [0.717, 1.165) is 5.56 Å². The van der Waals surface area contributed by atoms with Crippen LogP contribution in [0.2, 0.25) is 0 Å². The number of carbonyl (C=O) groups is 1. The fourth-order valence-corrected chi connectivity index (χ4v) is 3.51. The van der Waals surface area contributed by atoms with Crippen LogP contribution in [0, 0.1) is 5.92 Å². The van der Waals surface area contributed by atoms with E-state index in [0.29, 0.717) is 25.8 Å². The summed E-state index contributed by atoms with van der Waals surface area (Å²) < 4.78 is 38.0. The van der Waals surface area contributed by atoms with E-state index in [2.05, 4.69) is 10.6 Å². The van der Waals surface area contributed by atoms with Crippen molar-refractivity contribution in [2.24, 2.45) is 5.92 Å². The molecule has 126 valence electrons. The van der Waals surface area contributed by atoms with E-state index in [4.69, 9.17) is 0 Å². The molecule has 6 heteroatoms. The molecule has 3 nitrogen and oxygen atoms in total. The molecule has 0 bridgehead atoms. The molecule has 1 unspecified atom stereocenters. The van der Waals surface area contributed by atoms with Crippen molar-refractivity contribution in [2.75, 3.05) is 0 Å². The Morgan fingerprint density at radius 3 is 2.39 bits per heavy atom. The van der Waals surface area contributed by atoms with Crippen LogP contribution in [0.5, 0.6) is 0 Å². The van der Waals surface area contributed by atoms with Gasteiger partial charge in [0.25, 0.3) is 0 Å². The van der Waals surface area contributed by atoms with Crippen LogP contribution in [0.3, 0.4) is 0 Å². The maximum absolute atomic E-state index is 12.7. The van der Waals surface area contributed by atoms with Crippen molar-refractivity contribution < 1.29 is 18.0 Å². The summed E-state index contributed by atoms with van der Waals surface area (Å²) in [5.41, 5.74) is 2.36. The molecule has 1 fully saturated rings. The Morgan fingerprint density at radius 1 is 1.09 bits per heavy atom. The summed E-state index contributed by atoms with van der Waals surface area (Å²) >= 11 is 0. The zero-order valence-corrected chi connectivity index (χ0v) is 12.8. The van der Waals surface area contributed by atoms with Gasteiger partial charge in [-0.1, -0.05) is 24.3 Å². The molecule has 1 amide bonds. The third-order valence-electron chi connectivity index (χ3n) is 4.93. The first kappa shape index (κ1) is 16.3. The predicted molar refractivity (Wildman–Crippen MR) is 80.7 cm³/mol. The molecule has 2 N–H and O–H groups in total. The van der Waals surface area contributed by atoms with Gasteiger partial charge in [-0.15, -0.1) is 0 Å². The molecule has 0 spiro atoms. The average Bonchev–Trinajstić information content (AvgIpc) is 2.54. The minimum Gasteiger partial charge on any atom is -0.352 e. The van der Waals surface area contributed by atoms with E-state index in [9.17, 15) is 18.0 Å². The molecule has 3 rings (SSSR count). The van der Waals surface area contributed by atoms with E-state index in [1.54, 1.807) is 0 Å². The predicted octanol–water partition coefficient (Wildman–Crippen LogP) is 2.94. The number of hydrogen-bond acceptors (Lipinski definition) is 2. The fourth-order valence-electron chi connectivity index (χ4n) is 3.51. The van der Waals surface area contributed by atoms with Crippen molar-refractivity contribution in [2.45, 2.75) is 56.9 Å². The highest BCUT2D eigenvalue weighted by Gasteiger charge is 2.41. The minimum absolute atomic E-state index is 0.102. The number of hydrogen-bond donors (Lipinski definition) is 2. The van der Waals surface area contributed by atoms with E-state index >= 15 is 0 Å². The monoisotopic (exact) mass is 326 g/mol. The fraction of sp³-hybridized carbons (Fsp3) is 0.588. The van der Waals surface area contributed by atoms with Crippen molar-refractivity contribution in [3.63, 3.8) is 0 Å². The summed E-state index contributed by atoms with van der Waals surface area (Å²) in [7, 11) is 0. The van der Waals surface area contributed by atoms with E-state index in [1.807, 2.05) is 24.3 Å². The molecule has 1 aliphatic carbocycles. The molecule has 0 aromatic heterocycles. The summed E-state index contributed by atoms with van der Waals surface area (Å²) in [6, 6.07) is 7.54. The number of fused-ring (bicyclic) bond motifs is 1. The van der Waals surface area contributed by atoms with Crippen LogP contribution < -0.4 is 10.6 Å². The first-order chi connectivity index (χ1) is 10.9. The van der Waals surface area contributed by atoms with Crippen LogP contribution in [-0.4, -0.2) is 24.2 Å². The van der Waals surface area contributed by atoms with Gasteiger partial charge in [-0.25, -0.2) is 0 Å². The van der Waals surface area contributed by atoms with E-state index < -0.39 is 12.1 Å². The first-order valence-corrected chi connectivity index (χ1v) is 8.11. The number of amides is 1. The molecule has 0 saturated heterocycles. The van der Waals surface area contributed by atoms with Crippen LogP contribution in [0.15, 0.2) is 24.3 Å². The summed E-state index contributed by atoms with van der Waals surface area (Å²) in [6.07, 6.45) is -2.47. The Hall–Kier alpha value is -1.56. The Labute approximate surface area is 133 Å². The van der Waals surface area contributed by atoms with Gasteiger partial charge < -0.3 is 10.6 Å². The molecule has 23 heavy (non-hydrogen) atoms. The highest BCUT2D eigenvalue weighted by atomic mass is 19.4. The molecule has 1 aromatic rings. The smallest absolute Gasteiger partial charge is 0.352 e. The number of benzene rings is 1. The van der Waals surface area contributed by atoms with Crippen LogP contribution in [0.4, 0.5) is 13.2 Å². The molecular weight excluding hydrogens is 305 g/mol. The third-order valence-corrected chi connectivity index (χ3v) is 4.93. The van der Waals surface area contributed by atoms with Gasteiger partial charge in [0.15, 0.2) is 0 Å². The lowest BCUT2D eigenvalue weighted by Crippen LogP contribution is -2.51. The van der Waals surface area contributed by atoms with E-state index in [1.165, 1.54) is 5.56 Å². The number of halogens is 3. The van der Waals surface area contributed by atoms with Crippen LogP contribution in [0.25, 0.3) is 0 Å². The lowest BCUT2D eigenvalue weighted by molar-refractivity contribution is -0.182. The van der Waals surface area contributed by atoms with Gasteiger partial charge in [0.1, 0.15) is 0 Å². The lowest BCUT2D eigenvalue weighted by Gasteiger charge is -2.32. The molecule has 1 saturated carbocycles. The summed E-state index contributed by atoms with van der Waals surface area (Å²) in [5, 5.41) is 6.13. The topological polar surface area (TPSA) is 41.1 Å². The first-order valence-electron chi connectivity index (χ1n) is 8.11. The van der Waals surface area contributed by atoms with Crippen molar-refractivity contribution in [1.29, 1.82) is 0 Å². The molecule has 1 heterocycles. The number of alkyl halides is 3. The molecule has 0 radical (unpaired) electrons. The Morgan fingerprint density at radius 2 is 1.74 bits per heavy atom. The molecule has 1 aromatic carbocycles. The summed E-state index contributed by atoms with van der Waals surface area (Å²) in [5.74, 6) is -1.31. The highest BCUT2D eigenvalue weighted by Crippen LogP contribution is 2.37. The zero-order valence-electron chi connectivity index (χ0n) is 12.8. The molecule has 1 aliphatic heterocycles. The number of carbonyl (C=O) groups excluding carboxylic acids is 1. The minimum atomic E-state index is -4.11. The number of nitrogens with one attached hydrogen (secondary N) is 2. The Bertz CT molecular complexity index is 565. The van der Waals surface area contributed by atoms with Gasteiger partial charge in [0, 0.05) is 12.6 Å². The highest BCUT2D eigenvalue weighted by molar-refractivity contribution is 5.82. The summed E-state index contributed by atoms with van der Waals surface area (Å²) in [4.78, 5) is 12.4. The van der Waals surface area contributed by atoms with Gasteiger partial charge in [-0.2, -0.15) is 13.2 Å². The van der Waals surface area contributed by atoms with Gasteiger partial charge >= 0.3 is 6.18 Å². The maximum Gasteiger partial charge on any atom is 0.391 e. The van der Waals surface area contributed by atoms with Crippen LogP contribution >= 0.6 is 0 Å². The van der Waals surface area contributed by atoms with E-state index in [-0.39, 0.29) is 30.8 Å². The van der Waals surface area contributed by atoms with Gasteiger partial charge in [0.2, 0.25) is 5.91 Å². The lowest BCUT2D eigenvalue weighted by atomic mass is 9.85. The van der Waals surface area contributed by atoms with Crippen LogP contribution in [0.1, 0.15) is 36.8 Å². The molecular formula is C17H21F3N2O. The summed E-state index contributed by atoms with van der Waals surface area (Å²) in [6.45, 7) is 0.648. The Kier molecular flexibility index (Phi) is 4.62. The molecule has 2 aliphatic rings. The quantitative estimate of drug-likeness (QED) is 0.877. The van der Waals surface area contributed by atoms with Crippen molar-refractivity contribution in [3.8, 4) is 0 Å². The van der Waals surface area contributed by atoms with Crippen molar-refractivity contribution in [3.05, 3.63) is 35.4 Å². The maximum atomic E-state index is 12.7. The number of rotatable bonds is 2. The standard InChI is InChI=1S/C17H21F3N2O/c18-17(19,20)13-5-7-14(8-6-13)22-16(23)15-9-11-3-1-2-4-12(11)10-21-15/h1-4,13-15,21H,5-10H2,(H,22,23). The zero-order chi connectivity index (χ0) is 16.4. The second-order valence-corrected chi connectivity index (χ2v) is 6.51. The van der Waals surface area contributed by atoms with Crippen LogP contribution in [-0.2, 0) is 17.8 Å². The van der Waals surface area contributed by atoms with Gasteiger partial charge in [-0.3, -0.25) is 4.79 Å². The SMILES string of the molecule is O=C(NC1CCC(C(F)(F)F)CC1)C1Cc2ccccc2CN1. The second kappa shape index (κ2) is 6.51. The van der Waals surface area contributed by atoms with Crippen molar-refractivity contribution >= 4 is 5.91 Å². The second-order valence-electron chi connectivity index (χ2n) is 6.51. The Balaban J connectivity index is 1.51. The largest absolute Gasteiger partial charge is 0.391 e. The molecule has 1 atom stereocenters. The van der Waals surface area contributed by atoms with Gasteiger partial charge in [0.05, 0.1) is 12.0 Å². The average molecular weight is 326 g/mol. The third kappa shape index (κ3) is 3.86. The normalized spacial score (nSPS) is 28.0. The van der Waals surface area contributed by atoms with Gasteiger partial charge in [-0.05, 0) is 43.2 Å².